The van der Waals surface area contributed by atoms with Crippen molar-refractivity contribution < 1.29 is 53.8 Å². The molecule has 0 radical (unpaired) electrons. The molecule has 0 aromatic heterocycles. The Labute approximate surface area is 141 Å². The van der Waals surface area contributed by atoms with E-state index in [4.69, 9.17) is 5.73 Å². The van der Waals surface area contributed by atoms with Crippen LogP contribution < -0.4 is 40.4 Å². The molecule has 0 spiro atoms. The zero-order valence-electron chi connectivity index (χ0n) is 12.4. The van der Waals surface area contributed by atoms with Crippen LogP contribution in [0.25, 0.3) is 0 Å². The molecule has 0 unspecified atom stereocenters. The first-order valence-corrected chi connectivity index (χ1v) is 6.67. The maximum absolute atomic E-state index is 11.3. The summed E-state index contributed by atoms with van der Waals surface area (Å²) in [6, 6.07) is -1.21. The van der Waals surface area contributed by atoms with Crippen LogP contribution >= 0.6 is 0 Å². The van der Waals surface area contributed by atoms with Gasteiger partial charge in [0.25, 0.3) is 0 Å². The summed E-state index contributed by atoms with van der Waals surface area (Å²) >= 11 is 0. The van der Waals surface area contributed by atoms with Crippen LogP contribution in [-0.4, -0.2) is 23.9 Å². The molecule has 6 nitrogen and oxygen atoms in total. The van der Waals surface area contributed by atoms with Gasteiger partial charge in [0.15, 0.2) is 0 Å². The predicted octanol–water partition coefficient (Wildman–Crippen LogP) is -2.72. The third kappa shape index (κ3) is 12.6. The first kappa shape index (κ1) is 21.9. The summed E-state index contributed by atoms with van der Waals surface area (Å²) in [5.74, 6) is -2.73. The molecule has 0 fully saturated rings. The molecule has 0 aliphatic rings. The van der Waals surface area contributed by atoms with Crippen LogP contribution in [-0.2, 0) is 19.1 Å². The normalized spacial score (nSPS) is 11.3. The molecule has 0 bridgehead atoms. The maximum Gasteiger partial charge on any atom is 1.00 e. The summed E-state index contributed by atoms with van der Waals surface area (Å²) in [5.41, 5.74) is 5.17. The van der Waals surface area contributed by atoms with Crippen molar-refractivity contribution in [2.75, 3.05) is 0 Å². The Hall–Kier alpha value is -0.430. The Morgan fingerprint density at radius 2 is 1.60 bits per heavy atom. The second kappa shape index (κ2) is 13.5. The van der Waals surface area contributed by atoms with Gasteiger partial charge in [-0.05, 0) is 12.8 Å². The number of carboxylic acids is 1. The second-order valence-corrected chi connectivity index (χ2v) is 4.47. The van der Waals surface area contributed by atoms with E-state index in [0.717, 1.165) is 25.7 Å². The number of nitrogens with two attached hydrogens (primary N) is 1. The van der Waals surface area contributed by atoms with Crippen LogP contribution in [0.15, 0.2) is 0 Å². The molecule has 20 heavy (non-hydrogen) atoms. The van der Waals surface area contributed by atoms with Crippen LogP contribution in [0, 0.1) is 0 Å². The van der Waals surface area contributed by atoms with E-state index in [-0.39, 0.29) is 48.8 Å². The quantitative estimate of drug-likeness (QED) is 0.203. The average Bonchev–Trinajstić information content (AvgIpc) is 2.35. The number of hydrogen-bond acceptors (Lipinski definition) is 6. The molecule has 110 valence electrons. The molecule has 0 heterocycles. The van der Waals surface area contributed by atoms with E-state index in [1.54, 1.807) is 0 Å². The molecule has 2 N–H and O–H groups in total. The van der Waals surface area contributed by atoms with E-state index in [0.29, 0.717) is 6.42 Å². The van der Waals surface area contributed by atoms with E-state index in [1.165, 1.54) is 0 Å². The molecule has 0 saturated carbocycles. The molecule has 0 amide bonds. The van der Waals surface area contributed by atoms with E-state index in [2.05, 4.69) is 11.7 Å². The summed E-state index contributed by atoms with van der Waals surface area (Å²) in [6.45, 7) is 2.10. The van der Waals surface area contributed by atoms with Crippen LogP contribution in [0.5, 0.6) is 0 Å². The van der Waals surface area contributed by atoms with Crippen molar-refractivity contribution in [1.82, 2.24) is 0 Å². The Kier molecular flexibility index (Phi) is 14.8. The average molecular weight is 295 g/mol. The van der Waals surface area contributed by atoms with Crippen molar-refractivity contribution in [3.8, 4) is 0 Å². The number of rotatable bonds is 10. The maximum atomic E-state index is 11.3. The third-order valence-electron chi connectivity index (χ3n) is 2.67. The van der Waals surface area contributed by atoms with Crippen molar-refractivity contribution in [3.05, 3.63) is 0 Å². The van der Waals surface area contributed by atoms with Gasteiger partial charge in [0.2, 0.25) is 0 Å². The minimum absolute atomic E-state index is 0. The predicted molar refractivity (Wildman–Crippen MR) is 66.7 cm³/mol. The first-order valence-electron chi connectivity index (χ1n) is 6.67. The zero-order valence-corrected chi connectivity index (χ0v) is 14.4. The van der Waals surface area contributed by atoms with Crippen molar-refractivity contribution >= 4 is 17.9 Å². The van der Waals surface area contributed by atoms with Gasteiger partial charge in [0, 0.05) is 18.9 Å². The summed E-state index contributed by atoms with van der Waals surface area (Å²) < 4.78 is 4.54. The number of unbranched alkanes of at least 4 members (excludes halogenated alkanes) is 4. The van der Waals surface area contributed by atoms with Gasteiger partial charge in [-0.25, -0.2) is 0 Å². The number of esters is 2. The van der Waals surface area contributed by atoms with Gasteiger partial charge in [-0.3, -0.25) is 9.59 Å². The summed E-state index contributed by atoms with van der Waals surface area (Å²) in [7, 11) is 0. The second-order valence-electron chi connectivity index (χ2n) is 4.47. The Morgan fingerprint density at radius 3 is 2.15 bits per heavy atom. The molecule has 0 aromatic carbocycles. The minimum atomic E-state index is -1.42. The van der Waals surface area contributed by atoms with Crippen LogP contribution in [0.4, 0.5) is 0 Å². The smallest absolute Gasteiger partial charge is 0.548 e. The number of aliphatic carboxylic acids is 1. The summed E-state index contributed by atoms with van der Waals surface area (Å²) in [4.78, 5) is 32.8. The fraction of sp³-hybridized carbons (Fsp3) is 0.769. The molecule has 0 aliphatic heterocycles. The third-order valence-corrected chi connectivity index (χ3v) is 2.67. The fourth-order valence-corrected chi connectivity index (χ4v) is 1.49. The van der Waals surface area contributed by atoms with Crippen LogP contribution in [0.2, 0.25) is 0 Å². The number of ether oxygens (including phenoxy) is 1. The Bertz CT molecular complexity index is 309. The van der Waals surface area contributed by atoms with E-state index < -0.39 is 23.9 Å². The van der Waals surface area contributed by atoms with Crippen molar-refractivity contribution in [1.29, 1.82) is 0 Å². The Balaban J connectivity index is 0. The summed E-state index contributed by atoms with van der Waals surface area (Å²) in [5, 5.41) is 10.3. The molecular weight excluding hydrogens is 273 g/mol. The van der Waals surface area contributed by atoms with Gasteiger partial charge in [0.1, 0.15) is 0 Å². The molecule has 0 aromatic rings. The first-order chi connectivity index (χ1) is 8.97. The zero-order chi connectivity index (χ0) is 14.7. The standard InChI is InChI=1S/C13H23NO5.Na/c1-2-3-4-5-6-7-11(15)19-12(16)9-8-10(14)13(17)18;/h10H,2-9,14H2,1H3,(H,17,18);/q;+1/p-1/t10-;/m0./s1. The molecule has 0 aliphatic carbocycles. The molecule has 1 atom stereocenters. The van der Waals surface area contributed by atoms with Crippen molar-refractivity contribution in [2.45, 2.75) is 64.3 Å². The summed E-state index contributed by atoms with van der Waals surface area (Å²) in [6.07, 6.45) is 4.88. The molecular formula is C13H22NNaO5. The molecule has 0 rings (SSSR count). The SMILES string of the molecule is CCCCCCCC(=O)OC(=O)CC[C@H](N)C(=O)[O-].[Na+]. The van der Waals surface area contributed by atoms with Crippen molar-refractivity contribution in [2.24, 2.45) is 5.73 Å². The Morgan fingerprint density at radius 1 is 1.05 bits per heavy atom. The van der Waals surface area contributed by atoms with Gasteiger partial charge >= 0.3 is 41.5 Å². The minimum Gasteiger partial charge on any atom is -0.548 e. The van der Waals surface area contributed by atoms with Gasteiger partial charge in [-0.2, -0.15) is 0 Å². The van der Waals surface area contributed by atoms with Gasteiger partial charge in [0.05, 0.1) is 5.97 Å². The molecule has 0 saturated heterocycles. The fourth-order valence-electron chi connectivity index (χ4n) is 1.49. The number of hydrogen-bond donors (Lipinski definition) is 1. The number of carboxylic acid groups (broad SMARTS) is 1. The number of carbonyl (C=O) groups is 3. The largest absolute Gasteiger partial charge is 1.00 e. The monoisotopic (exact) mass is 295 g/mol. The van der Waals surface area contributed by atoms with Gasteiger partial charge < -0.3 is 20.4 Å². The van der Waals surface area contributed by atoms with E-state index >= 15 is 0 Å². The van der Waals surface area contributed by atoms with Crippen molar-refractivity contribution in [3.63, 3.8) is 0 Å². The van der Waals surface area contributed by atoms with E-state index in [9.17, 15) is 19.5 Å². The van der Waals surface area contributed by atoms with Crippen LogP contribution in [0.3, 0.4) is 0 Å². The topological polar surface area (TPSA) is 110 Å². The number of carbonyl (C=O) groups excluding carboxylic acids is 3. The van der Waals surface area contributed by atoms with Gasteiger partial charge in [-0.15, -0.1) is 0 Å². The van der Waals surface area contributed by atoms with E-state index in [1.807, 2.05) is 0 Å². The molecule has 7 heteroatoms. The van der Waals surface area contributed by atoms with Crippen LogP contribution in [0.1, 0.15) is 58.3 Å². The van der Waals surface area contributed by atoms with Gasteiger partial charge in [-0.1, -0.05) is 32.6 Å².